The van der Waals surface area contributed by atoms with Gasteiger partial charge in [-0.05, 0) is 42.4 Å². The molecule has 0 heteroatoms. The molecule has 0 aromatic heterocycles. The third kappa shape index (κ3) is 8.00. The van der Waals surface area contributed by atoms with Crippen LogP contribution in [0.15, 0.2) is 0 Å². The first-order valence-electron chi connectivity index (χ1n) is 8.96. The van der Waals surface area contributed by atoms with Crippen molar-refractivity contribution in [3.63, 3.8) is 0 Å². The average Bonchev–Trinajstić information content (AvgIpc) is 2.37. The van der Waals surface area contributed by atoms with Gasteiger partial charge in [0.05, 0.1) is 0 Å². The zero-order valence-electron chi connectivity index (χ0n) is 14.8. The molecule has 19 heavy (non-hydrogen) atoms. The summed E-state index contributed by atoms with van der Waals surface area (Å²) in [5.74, 6) is 4.54. The van der Waals surface area contributed by atoms with Crippen LogP contribution in [0.1, 0.15) is 93.4 Å². The lowest BCUT2D eigenvalue weighted by Crippen LogP contribution is -2.20. The number of hydrogen-bond acceptors (Lipinski definition) is 0. The van der Waals surface area contributed by atoms with Crippen molar-refractivity contribution >= 4 is 0 Å². The fourth-order valence-corrected chi connectivity index (χ4v) is 3.59. The van der Waals surface area contributed by atoms with Crippen molar-refractivity contribution in [2.45, 2.75) is 93.4 Å². The van der Waals surface area contributed by atoms with Crippen LogP contribution in [0.4, 0.5) is 0 Å². The molecule has 0 saturated heterocycles. The van der Waals surface area contributed by atoms with Crippen LogP contribution >= 0.6 is 0 Å². The maximum absolute atomic E-state index is 2.49. The summed E-state index contributed by atoms with van der Waals surface area (Å²) < 4.78 is 0. The lowest BCUT2D eigenvalue weighted by atomic mass is 9.76. The van der Waals surface area contributed by atoms with Crippen molar-refractivity contribution < 1.29 is 0 Å². The predicted molar refractivity (Wildman–Crippen MR) is 89.5 cm³/mol. The number of rotatable bonds is 11. The minimum absolute atomic E-state index is 0.880. The molecule has 0 fully saturated rings. The normalized spacial score (nSPS) is 19.7. The zero-order valence-corrected chi connectivity index (χ0v) is 14.8. The minimum atomic E-state index is 0.880. The molecule has 0 heterocycles. The van der Waals surface area contributed by atoms with Gasteiger partial charge >= 0.3 is 0 Å². The van der Waals surface area contributed by atoms with Gasteiger partial charge in [0.1, 0.15) is 0 Å². The van der Waals surface area contributed by atoms with E-state index in [1.807, 2.05) is 0 Å². The first-order valence-corrected chi connectivity index (χ1v) is 8.96. The van der Waals surface area contributed by atoms with Crippen LogP contribution in [-0.4, -0.2) is 0 Å². The Balaban J connectivity index is 4.31. The molecule has 0 aliphatic carbocycles. The first-order chi connectivity index (χ1) is 8.96. The topological polar surface area (TPSA) is 0 Å². The molecule has 0 aromatic carbocycles. The van der Waals surface area contributed by atoms with Crippen molar-refractivity contribution in [2.24, 2.45) is 29.6 Å². The van der Waals surface area contributed by atoms with E-state index in [0.29, 0.717) is 0 Å². The van der Waals surface area contributed by atoms with E-state index in [9.17, 15) is 0 Å². The maximum atomic E-state index is 2.49. The minimum Gasteiger partial charge on any atom is -0.0654 e. The summed E-state index contributed by atoms with van der Waals surface area (Å²) >= 11 is 0. The van der Waals surface area contributed by atoms with Gasteiger partial charge in [0.2, 0.25) is 0 Å². The van der Waals surface area contributed by atoms with Gasteiger partial charge < -0.3 is 0 Å². The molecule has 0 aliphatic rings. The van der Waals surface area contributed by atoms with Gasteiger partial charge in [0, 0.05) is 0 Å². The Labute approximate surface area is 123 Å². The van der Waals surface area contributed by atoms with Crippen LogP contribution < -0.4 is 0 Å². The summed E-state index contributed by atoms with van der Waals surface area (Å²) in [4.78, 5) is 0. The molecule has 0 nitrogen and oxygen atoms in total. The highest BCUT2D eigenvalue weighted by molar-refractivity contribution is 4.72. The van der Waals surface area contributed by atoms with E-state index in [-0.39, 0.29) is 0 Å². The second-order valence-corrected chi connectivity index (χ2v) is 7.24. The van der Waals surface area contributed by atoms with Gasteiger partial charge in [-0.25, -0.2) is 0 Å². The maximum Gasteiger partial charge on any atom is -0.0391 e. The third-order valence-corrected chi connectivity index (χ3v) is 5.36. The van der Waals surface area contributed by atoms with Crippen molar-refractivity contribution in [1.82, 2.24) is 0 Å². The molecular formula is C19H40. The summed E-state index contributed by atoms with van der Waals surface area (Å²) in [5, 5.41) is 0. The smallest absolute Gasteiger partial charge is 0.0391 e. The summed E-state index contributed by atoms with van der Waals surface area (Å²) in [6.07, 6.45) is 9.79. The molecule has 0 radical (unpaired) electrons. The molecule has 0 amide bonds. The van der Waals surface area contributed by atoms with Crippen molar-refractivity contribution in [1.29, 1.82) is 0 Å². The Hall–Kier alpha value is 0. The molecule has 0 saturated carbocycles. The first kappa shape index (κ1) is 19.0. The molecule has 5 atom stereocenters. The van der Waals surface area contributed by atoms with E-state index in [1.165, 1.54) is 44.9 Å². The fourth-order valence-electron chi connectivity index (χ4n) is 3.59. The van der Waals surface area contributed by atoms with E-state index in [1.54, 1.807) is 0 Å². The Morgan fingerprint density at radius 2 is 1.26 bits per heavy atom. The van der Waals surface area contributed by atoms with Gasteiger partial charge in [0.25, 0.3) is 0 Å². The monoisotopic (exact) mass is 268 g/mol. The molecular weight excluding hydrogens is 228 g/mol. The quantitative estimate of drug-likeness (QED) is 0.381. The van der Waals surface area contributed by atoms with Crippen LogP contribution in [0.5, 0.6) is 0 Å². The molecule has 0 N–H and O–H groups in total. The Kier molecular flexibility index (Phi) is 10.7. The molecule has 0 rings (SSSR count). The van der Waals surface area contributed by atoms with Crippen LogP contribution in [0, 0.1) is 29.6 Å². The van der Waals surface area contributed by atoms with Gasteiger partial charge in [-0.3, -0.25) is 0 Å². The summed E-state index contributed by atoms with van der Waals surface area (Å²) in [6, 6.07) is 0. The Bertz CT molecular complexity index is 196. The fraction of sp³-hybridized carbons (Fsp3) is 1.00. The lowest BCUT2D eigenvalue weighted by Gasteiger charge is -2.30. The summed E-state index contributed by atoms with van der Waals surface area (Å²) in [6.45, 7) is 16.8. The van der Waals surface area contributed by atoms with E-state index in [4.69, 9.17) is 0 Å². The second-order valence-electron chi connectivity index (χ2n) is 7.24. The Morgan fingerprint density at radius 3 is 1.74 bits per heavy atom. The molecule has 0 aliphatic heterocycles. The molecule has 5 unspecified atom stereocenters. The molecule has 0 aromatic rings. The molecule has 116 valence electrons. The van der Waals surface area contributed by atoms with Crippen molar-refractivity contribution in [3.05, 3.63) is 0 Å². The third-order valence-electron chi connectivity index (χ3n) is 5.36. The highest BCUT2D eigenvalue weighted by Crippen LogP contribution is 2.32. The van der Waals surface area contributed by atoms with Gasteiger partial charge in [-0.1, -0.05) is 80.6 Å². The van der Waals surface area contributed by atoms with Gasteiger partial charge in [0.15, 0.2) is 0 Å². The Morgan fingerprint density at radius 1 is 0.684 bits per heavy atom. The lowest BCUT2D eigenvalue weighted by molar-refractivity contribution is 0.208. The van der Waals surface area contributed by atoms with Crippen LogP contribution in [0.3, 0.4) is 0 Å². The van der Waals surface area contributed by atoms with Crippen LogP contribution in [0.25, 0.3) is 0 Å². The van der Waals surface area contributed by atoms with E-state index in [2.05, 4.69) is 48.5 Å². The van der Waals surface area contributed by atoms with E-state index in [0.717, 1.165) is 29.6 Å². The highest BCUT2D eigenvalue weighted by Gasteiger charge is 2.22. The number of hydrogen-bond donors (Lipinski definition) is 0. The summed E-state index contributed by atoms with van der Waals surface area (Å²) in [7, 11) is 0. The summed E-state index contributed by atoms with van der Waals surface area (Å²) in [5.41, 5.74) is 0. The van der Waals surface area contributed by atoms with Crippen molar-refractivity contribution in [3.8, 4) is 0 Å². The van der Waals surface area contributed by atoms with Crippen molar-refractivity contribution in [2.75, 3.05) is 0 Å². The van der Waals surface area contributed by atoms with E-state index >= 15 is 0 Å². The molecule has 0 spiro atoms. The van der Waals surface area contributed by atoms with Crippen LogP contribution in [-0.2, 0) is 0 Å². The largest absolute Gasteiger partial charge is 0.0654 e. The standard InChI is InChI=1S/C19H40/c1-8-11-15(4)13-19(12-9-2)14-17(6)18(7)16(5)10-3/h15-19H,8-14H2,1-7H3. The van der Waals surface area contributed by atoms with E-state index < -0.39 is 0 Å². The van der Waals surface area contributed by atoms with Gasteiger partial charge in [-0.2, -0.15) is 0 Å². The molecule has 0 bridgehead atoms. The van der Waals surface area contributed by atoms with Gasteiger partial charge in [-0.15, -0.1) is 0 Å². The SMILES string of the molecule is CCCC(C)CC(CCC)CC(C)C(C)C(C)CC. The van der Waals surface area contributed by atoms with Crippen LogP contribution in [0.2, 0.25) is 0 Å². The highest BCUT2D eigenvalue weighted by atomic mass is 14.3. The average molecular weight is 269 g/mol. The zero-order chi connectivity index (χ0) is 14.8. The second kappa shape index (κ2) is 10.7. The predicted octanol–water partition coefficient (Wildman–Crippen LogP) is 6.94.